The fourth-order valence-electron chi connectivity index (χ4n) is 1.38. The molecular formula is C12H15ClFNO3S. The number of hydrogen-bond acceptors (Lipinski definition) is 3. The van der Waals surface area contributed by atoms with Crippen LogP contribution in [0, 0.1) is 11.7 Å². The molecule has 0 saturated heterocycles. The maximum Gasteiger partial charge on any atom is 0.261 e. The van der Waals surface area contributed by atoms with E-state index in [0.29, 0.717) is 12.3 Å². The molecule has 0 spiro atoms. The van der Waals surface area contributed by atoms with E-state index in [0.717, 1.165) is 12.1 Å². The van der Waals surface area contributed by atoms with Crippen molar-refractivity contribution in [1.82, 2.24) is 0 Å². The van der Waals surface area contributed by atoms with E-state index >= 15 is 0 Å². The van der Waals surface area contributed by atoms with Gasteiger partial charge in [-0.25, -0.2) is 12.8 Å². The van der Waals surface area contributed by atoms with E-state index in [2.05, 4.69) is 5.32 Å². The van der Waals surface area contributed by atoms with Crippen molar-refractivity contribution < 1.29 is 17.6 Å². The monoisotopic (exact) mass is 307 g/mol. The fourth-order valence-corrected chi connectivity index (χ4v) is 2.14. The van der Waals surface area contributed by atoms with Crippen LogP contribution in [0.25, 0.3) is 0 Å². The summed E-state index contributed by atoms with van der Waals surface area (Å²) in [5.74, 6) is -0.770. The number of anilines is 1. The molecule has 0 unspecified atom stereocenters. The molecule has 7 heteroatoms. The lowest BCUT2D eigenvalue weighted by molar-refractivity contribution is -0.116. The molecule has 0 aromatic heterocycles. The number of amides is 1. The van der Waals surface area contributed by atoms with Crippen LogP contribution in [0.15, 0.2) is 23.1 Å². The maximum atomic E-state index is 13.6. The predicted octanol–water partition coefficient (Wildman–Crippen LogP) is 3.13. The Bertz CT molecular complexity index is 572. The molecule has 106 valence electrons. The molecule has 1 rings (SSSR count). The molecule has 0 saturated carbocycles. The molecule has 0 atom stereocenters. The van der Waals surface area contributed by atoms with Gasteiger partial charge in [-0.1, -0.05) is 13.8 Å². The largest absolute Gasteiger partial charge is 0.324 e. The van der Waals surface area contributed by atoms with Crippen LogP contribution in [-0.2, 0) is 13.8 Å². The van der Waals surface area contributed by atoms with Crippen molar-refractivity contribution in [3.05, 3.63) is 24.0 Å². The standard InChI is InChI=1S/C12H15ClFNO3S/c1-8(2)3-6-12(16)15-11-5-4-9(7-10(11)14)19(13,17)18/h4-5,7-8H,3,6H2,1-2H3,(H,15,16). The molecule has 0 bridgehead atoms. The Morgan fingerprint density at radius 3 is 2.53 bits per heavy atom. The zero-order valence-electron chi connectivity index (χ0n) is 10.6. The highest BCUT2D eigenvalue weighted by atomic mass is 35.7. The lowest BCUT2D eigenvalue weighted by atomic mass is 10.1. The van der Waals surface area contributed by atoms with Gasteiger partial charge in [0, 0.05) is 17.1 Å². The molecule has 0 radical (unpaired) electrons. The van der Waals surface area contributed by atoms with Crippen LogP contribution in [0.5, 0.6) is 0 Å². The van der Waals surface area contributed by atoms with E-state index in [1.165, 1.54) is 6.07 Å². The van der Waals surface area contributed by atoms with Crippen LogP contribution in [0.3, 0.4) is 0 Å². The van der Waals surface area contributed by atoms with Crippen molar-refractivity contribution in [2.75, 3.05) is 5.32 Å². The van der Waals surface area contributed by atoms with Crippen molar-refractivity contribution in [3.63, 3.8) is 0 Å². The van der Waals surface area contributed by atoms with Crippen LogP contribution >= 0.6 is 10.7 Å². The molecule has 1 N–H and O–H groups in total. The quantitative estimate of drug-likeness (QED) is 0.850. The highest BCUT2D eigenvalue weighted by molar-refractivity contribution is 8.13. The second-order valence-electron chi connectivity index (χ2n) is 4.56. The minimum Gasteiger partial charge on any atom is -0.324 e. The molecule has 1 aromatic carbocycles. The Balaban J connectivity index is 2.78. The van der Waals surface area contributed by atoms with Crippen LogP contribution in [0.4, 0.5) is 10.1 Å². The molecule has 0 aliphatic rings. The highest BCUT2D eigenvalue weighted by Crippen LogP contribution is 2.21. The molecule has 0 fully saturated rings. The smallest absolute Gasteiger partial charge is 0.261 e. The lowest BCUT2D eigenvalue weighted by Crippen LogP contribution is -2.13. The van der Waals surface area contributed by atoms with Gasteiger partial charge in [-0.05, 0) is 30.5 Å². The summed E-state index contributed by atoms with van der Waals surface area (Å²) in [5.41, 5.74) is -0.0576. The lowest BCUT2D eigenvalue weighted by Gasteiger charge is -2.08. The normalized spacial score (nSPS) is 11.6. The van der Waals surface area contributed by atoms with E-state index < -0.39 is 14.9 Å². The minimum atomic E-state index is -3.97. The maximum absolute atomic E-state index is 13.6. The number of carbonyl (C=O) groups excluding carboxylic acids is 1. The summed E-state index contributed by atoms with van der Waals surface area (Å²) >= 11 is 0. The van der Waals surface area contributed by atoms with Gasteiger partial charge >= 0.3 is 0 Å². The summed E-state index contributed by atoms with van der Waals surface area (Å²) in [4.78, 5) is 11.2. The third-order valence-electron chi connectivity index (χ3n) is 2.44. The summed E-state index contributed by atoms with van der Waals surface area (Å²) in [5, 5.41) is 2.39. The Morgan fingerprint density at radius 2 is 2.05 bits per heavy atom. The van der Waals surface area contributed by atoms with Gasteiger partial charge in [0.2, 0.25) is 5.91 Å². The topological polar surface area (TPSA) is 63.2 Å². The van der Waals surface area contributed by atoms with Gasteiger partial charge in [-0.15, -0.1) is 0 Å². The number of nitrogens with one attached hydrogen (secondary N) is 1. The summed E-state index contributed by atoms with van der Waals surface area (Å²) in [6.07, 6.45) is 0.980. The Labute approximate surface area is 116 Å². The van der Waals surface area contributed by atoms with Crippen molar-refractivity contribution in [3.8, 4) is 0 Å². The van der Waals surface area contributed by atoms with Gasteiger partial charge in [0.05, 0.1) is 10.6 Å². The molecule has 0 heterocycles. The number of halogens is 2. The van der Waals surface area contributed by atoms with Gasteiger partial charge in [0.15, 0.2) is 0 Å². The van der Waals surface area contributed by atoms with Crippen LogP contribution < -0.4 is 5.32 Å². The number of rotatable bonds is 5. The number of carbonyl (C=O) groups is 1. The molecule has 1 aromatic rings. The first-order chi connectivity index (χ1) is 8.70. The fraction of sp³-hybridized carbons (Fsp3) is 0.417. The predicted molar refractivity (Wildman–Crippen MR) is 72.1 cm³/mol. The van der Waals surface area contributed by atoms with Crippen molar-refractivity contribution in [2.24, 2.45) is 5.92 Å². The summed E-state index contributed by atoms with van der Waals surface area (Å²) in [6.45, 7) is 3.96. The average molecular weight is 308 g/mol. The first-order valence-corrected chi connectivity index (χ1v) is 8.05. The number of hydrogen-bond donors (Lipinski definition) is 1. The molecule has 4 nitrogen and oxygen atoms in total. The second-order valence-corrected chi connectivity index (χ2v) is 7.13. The third kappa shape index (κ3) is 5.16. The van der Waals surface area contributed by atoms with Crippen LogP contribution in [0.1, 0.15) is 26.7 Å². The van der Waals surface area contributed by atoms with Crippen LogP contribution in [-0.4, -0.2) is 14.3 Å². The van der Waals surface area contributed by atoms with E-state index in [1.807, 2.05) is 13.8 Å². The van der Waals surface area contributed by atoms with E-state index in [-0.39, 0.29) is 22.9 Å². The Morgan fingerprint density at radius 1 is 1.42 bits per heavy atom. The Kier molecular flexibility index (Phi) is 5.31. The second kappa shape index (κ2) is 6.34. The van der Waals surface area contributed by atoms with Gasteiger partial charge in [0.1, 0.15) is 5.82 Å². The first kappa shape index (κ1) is 15.9. The van der Waals surface area contributed by atoms with Crippen molar-refractivity contribution in [2.45, 2.75) is 31.6 Å². The van der Waals surface area contributed by atoms with Crippen molar-refractivity contribution in [1.29, 1.82) is 0 Å². The number of benzene rings is 1. The molecular weight excluding hydrogens is 293 g/mol. The minimum absolute atomic E-state index is 0.0576. The third-order valence-corrected chi connectivity index (χ3v) is 3.80. The van der Waals surface area contributed by atoms with Gasteiger partial charge in [0.25, 0.3) is 9.05 Å². The first-order valence-electron chi connectivity index (χ1n) is 5.74. The van der Waals surface area contributed by atoms with E-state index in [4.69, 9.17) is 10.7 Å². The van der Waals surface area contributed by atoms with E-state index in [9.17, 15) is 17.6 Å². The highest BCUT2D eigenvalue weighted by Gasteiger charge is 2.14. The summed E-state index contributed by atoms with van der Waals surface area (Å²) in [7, 11) is 1.12. The van der Waals surface area contributed by atoms with Gasteiger partial charge in [-0.3, -0.25) is 4.79 Å². The molecule has 0 aliphatic heterocycles. The van der Waals surface area contributed by atoms with Gasteiger partial charge in [-0.2, -0.15) is 0 Å². The zero-order valence-corrected chi connectivity index (χ0v) is 12.2. The SMILES string of the molecule is CC(C)CCC(=O)Nc1ccc(S(=O)(=O)Cl)cc1F. The summed E-state index contributed by atoms with van der Waals surface area (Å²) < 4.78 is 35.6. The van der Waals surface area contributed by atoms with E-state index in [1.54, 1.807) is 0 Å². The molecule has 1 amide bonds. The van der Waals surface area contributed by atoms with Crippen LogP contribution in [0.2, 0.25) is 0 Å². The average Bonchev–Trinajstić information content (AvgIpc) is 2.27. The zero-order chi connectivity index (χ0) is 14.6. The van der Waals surface area contributed by atoms with Gasteiger partial charge < -0.3 is 5.32 Å². The summed E-state index contributed by atoms with van der Waals surface area (Å²) in [6, 6.07) is 3.10. The van der Waals surface area contributed by atoms with Crippen molar-refractivity contribution >= 4 is 31.3 Å². The Hall–Kier alpha value is -1.14. The molecule has 19 heavy (non-hydrogen) atoms. The molecule has 0 aliphatic carbocycles.